The van der Waals surface area contributed by atoms with Crippen LogP contribution >= 0.6 is 0 Å². The molecule has 1 rings (SSSR count). The van der Waals surface area contributed by atoms with E-state index >= 15 is 0 Å². The molecule has 1 unspecified atom stereocenters. The Hall–Kier alpha value is -1.54. The molecule has 1 amide bonds. The van der Waals surface area contributed by atoms with Crippen molar-refractivity contribution < 1.29 is 27.1 Å². The quantitative estimate of drug-likeness (QED) is 0.481. The molecule has 0 fully saturated rings. The van der Waals surface area contributed by atoms with Gasteiger partial charge in [-0.05, 0) is 13.0 Å². The smallest absolute Gasteiger partial charge is 0.414 e. The molecule has 0 aliphatic heterocycles. The normalized spacial score (nSPS) is 13.5. The minimum absolute atomic E-state index is 0.165. The van der Waals surface area contributed by atoms with Crippen molar-refractivity contribution >= 4 is 5.91 Å². The fraction of sp³-hybridized carbons (Fsp3) is 0.444. The van der Waals surface area contributed by atoms with Gasteiger partial charge in [-0.15, -0.1) is 0 Å². The fourth-order valence-corrected chi connectivity index (χ4v) is 1.02. The maximum atomic E-state index is 12.2. The highest BCUT2D eigenvalue weighted by atomic mass is 19.4. The first-order valence-corrected chi connectivity index (χ1v) is 4.62. The molecule has 96 valence electrons. The van der Waals surface area contributed by atoms with E-state index in [2.05, 4.69) is 4.74 Å². The van der Waals surface area contributed by atoms with Crippen LogP contribution in [0.4, 0.5) is 13.2 Å². The van der Waals surface area contributed by atoms with Crippen LogP contribution in [0.2, 0.25) is 0 Å². The average Bonchev–Trinajstić information content (AvgIpc) is 2.71. The van der Waals surface area contributed by atoms with Gasteiger partial charge in [0.2, 0.25) is 0 Å². The number of hydrogen-bond acceptors (Lipinski definition) is 4. The molecule has 0 saturated carbocycles. The first kappa shape index (κ1) is 13.5. The average molecular weight is 252 g/mol. The van der Waals surface area contributed by atoms with Crippen molar-refractivity contribution in [3.63, 3.8) is 0 Å². The molecule has 0 aliphatic carbocycles. The highest BCUT2D eigenvalue weighted by Gasteiger charge is 2.37. The van der Waals surface area contributed by atoms with Gasteiger partial charge in [-0.1, -0.05) is 0 Å². The van der Waals surface area contributed by atoms with E-state index in [9.17, 15) is 18.0 Å². The van der Waals surface area contributed by atoms with Crippen LogP contribution in [0.1, 0.15) is 23.0 Å². The summed E-state index contributed by atoms with van der Waals surface area (Å²) in [5.74, 6) is 3.98. The molecule has 0 saturated heterocycles. The molecule has 0 spiro atoms. The summed E-state index contributed by atoms with van der Waals surface area (Å²) in [6, 6.07) is 1.34. The van der Waals surface area contributed by atoms with Crippen LogP contribution in [-0.2, 0) is 11.3 Å². The zero-order valence-corrected chi connectivity index (χ0v) is 8.88. The summed E-state index contributed by atoms with van der Waals surface area (Å²) in [4.78, 5) is 11.1. The van der Waals surface area contributed by atoms with Crippen LogP contribution in [0.25, 0.3) is 0 Å². The van der Waals surface area contributed by atoms with Crippen molar-refractivity contribution in [1.29, 1.82) is 0 Å². The van der Waals surface area contributed by atoms with Gasteiger partial charge in [0.15, 0.2) is 11.9 Å². The zero-order chi connectivity index (χ0) is 13.1. The van der Waals surface area contributed by atoms with Gasteiger partial charge in [0, 0.05) is 5.56 Å². The summed E-state index contributed by atoms with van der Waals surface area (Å²) >= 11 is 0. The predicted molar refractivity (Wildman–Crippen MR) is 50.7 cm³/mol. The predicted octanol–water partition coefficient (Wildman–Crippen LogP) is 1.35. The van der Waals surface area contributed by atoms with Gasteiger partial charge in [-0.25, -0.2) is 5.84 Å². The monoisotopic (exact) mass is 252 g/mol. The second-order valence-corrected chi connectivity index (χ2v) is 3.24. The second kappa shape index (κ2) is 5.19. The third kappa shape index (κ3) is 3.46. The van der Waals surface area contributed by atoms with E-state index in [0.29, 0.717) is 0 Å². The molecule has 1 heterocycles. The number of hydrogen-bond donors (Lipinski definition) is 2. The molecule has 1 aromatic rings. The van der Waals surface area contributed by atoms with E-state index in [0.717, 1.165) is 6.92 Å². The first-order chi connectivity index (χ1) is 7.86. The third-order valence-corrected chi connectivity index (χ3v) is 2.03. The van der Waals surface area contributed by atoms with E-state index in [-0.39, 0.29) is 17.9 Å². The lowest BCUT2D eigenvalue weighted by Crippen LogP contribution is -2.31. The standard InChI is InChI=1S/C9H11F3N2O3/c1-5(9(10,11)12)17-4-6-2-3-16-7(6)8(15)14-13/h2-3,5H,4,13H2,1H3,(H,14,15). The third-order valence-electron chi connectivity index (χ3n) is 2.03. The summed E-state index contributed by atoms with van der Waals surface area (Å²) in [7, 11) is 0. The van der Waals surface area contributed by atoms with Crippen molar-refractivity contribution in [2.75, 3.05) is 0 Å². The highest BCUT2D eigenvalue weighted by molar-refractivity contribution is 5.92. The highest BCUT2D eigenvalue weighted by Crippen LogP contribution is 2.24. The Morgan fingerprint density at radius 1 is 1.65 bits per heavy atom. The summed E-state index contributed by atoms with van der Waals surface area (Å²) in [5, 5.41) is 0. The SMILES string of the molecule is CC(OCc1ccoc1C(=O)NN)C(F)(F)F. The summed E-state index contributed by atoms with van der Waals surface area (Å²) < 4.78 is 45.8. The molecule has 8 heteroatoms. The molecule has 1 aromatic heterocycles. The Labute approximate surface area is 94.7 Å². The molecule has 3 N–H and O–H groups in total. The van der Waals surface area contributed by atoms with Gasteiger partial charge in [0.05, 0.1) is 12.9 Å². The number of rotatable bonds is 4. The number of carbonyl (C=O) groups excluding carboxylic acids is 1. The molecular formula is C9H11F3N2O3. The number of nitrogens with two attached hydrogens (primary N) is 1. The van der Waals surface area contributed by atoms with E-state index in [1.807, 2.05) is 5.43 Å². The first-order valence-electron chi connectivity index (χ1n) is 4.62. The van der Waals surface area contributed by atoms with Gasteiger partial charge in [0.25, 0.3) is 0 Å². The van der Waals surface area contributed by atoms with Gasteiger partial charge in [0.1, 0.15) is 0 Å². The largest absolute Gasteiger partial charge is 0.459 e. The molecular weight excluding hydrogens is 241 g/mol. The number of amides is 1. The van der Waals surface area contributed by atoms with Gasteiger partial charge in [-0.2, -0.15) is 13.2 Å². The van der Waals surface area contributed by atoms with Crippen molar-refractivity contribution in [2.24, 2.45) is 5.84 Å². The molecule has 0 aromatic carbocycles. The van der Waals surface area contributed by atoms with Crippen LogP contribution < -0.4 is 11.3 Å². The van der Waals surface area contributed by atoms with Crippen molar-refractivity contribution in [1.82, 2.24) is 5.43 Å². The van der Waals surface area contributed by atoms with Crippen LogP contribution in [-0.4, -0.2) is 18.2 Å². The Morgan fingerprint density at radius 2 is 2.29 bits per heavy atom. The summed E-state index contributed by atoms with van der Waals surface area (Å²) in [6.45, 7) is 0.489. The topological polar surface area (TPSA) is 77.5 Å². The molecule has 0 radical (unpaired) electrons. The minimum Gasteiger partial charge on any atom is -0.459 e. The lowest BCUT2D eigenvalue weighted by molar-refractivity contribution is -0.217. The second-order valence-electron chi connectivity index (χ2n) is 3.24. The number of carbonyl (C=O) groups is 1. The maximum Gasteiger partial charge on any atom is 0.414 e. The number of nitrogens with one attached hydrogen (secondary N) is 1. The molecule has 5 nitrogen and oxygen atoms in total. The Morgan fingerprint density at radius 3 is 2.82 bits per heavy atom. The number of alkyl halides is 3. The number of halogens is 3. The Bertz CT molecular complexity index is 389. The Kier molecular flexibility index (Phi) is 4.13. The van der Waals surface area contributed by atoms with Crippen LogP contribution in [0, 0.1) is 0 Å². The van der Waals surface area contributed by atoms with E-state index in [1.165, 1.54) is 12.3 Å². The lowest BCUT2D eigenvalue weighted by Gasteiger charge is -2.15. The fourth-order valence-electron chi connectivity index (χ4n) is 1.02. The molecule has 0 bridgehead atoms. The van der Waals surface area contributed by atoms with Gasteiger partial charge < -0.3 is 9.15 Å². The zero-order valence-electron chi connectivity index (χ0n) is 8.88. The summed E-state index contributed by atoms with van der Waals surface area (Å²) in [6.07, 6.45) is -5.20. The van der Waals surface area contributed by atoms with Crippen molar-refractivity contribution in [2.45, 2.75) is 25.8 Å². The van der Waals surface area contributed by atoms with E-state index < -0.39 is 18.2 Å². The van der Waals surface area contributed by atoms with Crippen LogP contribution in [0.15, 0.2) is 16.7 Å². The number of nitrogen functional groups attached to an aromatic ring is 1. The lowest BCUT2D eigenvalue weighted by atomic mass is 10.2. The van der Waals surface area contributed by atoms with E-state index in [1.54, 1.807) is 0 Å². The van der Waals surface area contributed by atoms with Crippen LogP contribution in [0.3, 0.4) is 0 Å². The minimum atomic E-state index is -4.44. The summed E-state index contributed by atoms with van der Waals surface area (Å²) in [5.41, 5.74) is 2.01. The van der Waals surface area contributed by atoms with Crippen LogP contribution in [0.5, 0.6) is 0 Å². The number of ether oxygens (including phenoxy) is 1. The molecule has 1 atom stereocenters. The van der Waals surface area contributed by atoms with E-state index in [4.69, 9.17) is 10.3 Å². The van der Waals surface area contributed by atoms with Gasteiger partial charge in [-0.3, -0.25) is 10.2 Å². The van der Waals surface area contributed by atoms with Crippen molar-refractivity contribution in [3.05, 3.63) is 23.7 Å². The maximum absolute atomic E-state index is 12.2. The number of hydrazine groups is 1. The molecule has 17 heavy (non-hydrogen) atoms. The van der Waals surface area contributed by atoms with Crippen molar-refractivity contribution in [3.8, 4) is 0 Å². The number of furan rings is 1. The molecule has 0 aliphatic rings. The van der Waals surface area contributed by atoms with Gasteiger partial charge >= 0.3 is 12.1 Å². The Balaban J connectivity index is 2.64.